The molecule has 19 heavy (non-hydrogen) atoms. The normalized spacial score (nSPS) is 19.1. The molecule has 4 heteroatoms. The van der Waals surface area contributed by atoms with E-state index in [0.29, 0.717) is 16.8 Å². The van der Waals surface area contributed by atoms with Crippen molar-refractivity contribution in [3.63, 3.8) is 0 Å². The lowest BCUT2D eigenvalue weighted by Crippen LogP contribution is -2.39. The molecule has 0 unspecified atom stereocenters. The fraction of sp³-hybridized carbons (Fsp3) is 0.600. The van der Waals surface area contributed by atoms with Crippen molar-refractivity contribution < 1.29 is 4.79 Å². The summed E-state index contributed by atoms with van der Waals surface area (Å²) in [7, 11) is 0. The van der Waals surface area contributed by atoms with E-state index in [1.807, 2.05) is 6.92 Å². The van der Waals surface area contributed by atoms with Gasteiger partial charge in [0, 0.05) is 17.3 Å². The third kappa shape index (κ3) is 3.69. The van der Waals surface area contributed by atoms with E-state index in [2.05, 4.69) is 24.1 Å². The molecule has 1 saturated carbocycles. The van der Waals surface area contributed by atoms with Crippen LogP contribution in [-0.2, 0) is 0 Å². The Morgan fingerprint density at radius 1 is 1.37 bits per heavy atom. The topological polar surface area (TPSA) is 68.0 Å². The van der Waals surface area contributed by atoms with Crippen LogP contribution in [0.25, 0.3) is 0 Å². The van der Waals surface area contributed by atoms with E-state index in [1.54, 1.807) is 12.1 Å². The lowest BCUT2D eigenvalue weighted by atomic mass is 9.75. The van der Waals surface area contributed by atoms with Crippen molar-refractivity contribution in [2.75, 3.05) is 5.73 Å². The first kappa shape index (κ1) is 13.8. The molecule has 0 atom stereocenters. The van der Waals surface area contributed by atoms with E-state index >= 15 is 0 Å². The van der Waals surface area contributed by atoms with Gasteiger partial charge in [0.1, 0.15) is 5.82 Å². The fourth-order valence-electron chi connectivity index (χ4n) is 2.64. The van der Waals surface area contributed by atoms with E-state index in [0.717, 1.165) is 31.4 Å². The highest BCUT2D eigenvalue weighted by molar-refractivity contribution is 5.95. The minimum absolute atomic E-state index is 0.0399. The van der Waals surface area contributed by atoms with E-state index < -0.39 is 0 Å². The van der Waals surface area contributed by atoms with Gasteiger partial charge in [0.2, 0.25) is 0 Å². The summed E-state index contributed by atoms with van der Waals surface area (Å²) in [5, 5.41) is 3.11. The molecule has 1 aliphatic rings. The highest BCUT2D eigenvalue weighted by Crippen LogP contribution is 2.35. The average Bonchev–Trinajstić information content (AvgIpc) is 2.30. The van der Waals surface area contributed by atoms with Crippen molar-refractivity contribution in [1.29, 1.82) is 0 Å². The third-order valence-electron chi connectivity index (χ3n) is 3.91. The van der Waals surface area contributed by atoms with Gasteiger partial charge in [-0.15, -0.1) is 0 Å². The van der Waals surface area contributed by atoms with E-state index in [4.69, 9.17) is 5.73 Å². The van der Waals surface area contributed by atoms with Crippen LogP contribution >= 0.6 is 0 Å². The van der Waals surface area contributed by atoms with Crippen molar-refractivity contribution >= 4 is 11.7 Å². The zero-order chi connectivity index (χ0) is 14.0. The highest BCUT2D eigenvalue weighted by atomic mass is 16.1. The van der Waals surface area contributed by atoms with Gasteiger partial charge in [-0.3, -0.25) is 4.79 Å². The van der Waals surface area contributed by atoms with E-state index in [-0.39, 0.29) is 11.9 Å². The molecule has 0 saturated heterocycles. The van der Waals surface area contributed by atoms with Crippen LogP contribution in [0.3, 0.4) is 0 Å². The van der Waals surface area contributed by atoms with Gasteiger partial charge in [0.15, 0.2) is 0 Å². The number of aryl methyl sites for hydroxylation is 1. The standard InChI is InChI=1S/C15H23N3O/c1-10-8-11(9-13(16)17-10)14(19)18-12-4-6-15(2,3)7-5-12/h8-9,12H,4-7H2,1-3H3,(H2,16,17)(H,18,19). The van der Waals surface area contributed by atoms with Gasteiger partial charge in [-0.2, -0.15) is 0 Å². The Balaban J connectivity index is 1.98. The number of hydrogen-bond donors (Lipinski definition) is 2. The second-order valence-electron chi connectivity index (χ2n) is 6.33. The molecule has 1 heterocycles. The third-order valence-corrected chi connectivity index (χ3v) is 3.91. The van der Waals surface area contributed by atoms with Crippen molar-refractivity contribution in [2.24, 2.45) is 5.41 Å². The summed E-state index contributed by atoms with van der Waals surface area (Å²) >= 11 is 0. The molecule has 1 aromatic rings. The summed E-state index contributed by atoms with van der Waals surface area (Å²) in [6, 6.07) is 3.70. The van der Waals surface area contributed by atoms with Crippen molar-refractivity contribution in [1.82, 2.24) is 10.3 Å². The van der Waals surface area contributed by atoms with Gasteiger partial charge in [-0.25, -0.2) is 4.98 Å². The number of aromatic nitrogens is 1. The van der Waals surface area contributed by atoms with Crippen LogP contribution in [0.4, 0.5) is 5.82 Å². The molecule has 1 amide bonds. The second-order valence-corrected chi connectivity index (χ2v) is 6.33. The Labute approximate surface area is 114 Å². The van der Waals surface area contributed by atoms with Gasteiger partial charge >= 0.3 is 0 Å². The number of nitrogen functional groups attached to an aromatic ring is 1. The Morgan fingerprint density at radius 3 is 2.58 bits per heavy atom. The van der Waals surface area contributed by atoms with Crippen LogP contribution in [0.2, 0.25) is 0 Å². The largest absolute Gasteiger partial charge is 0.384 e. The molecule has 1 aromatic heterocycles. The minimum atomic E-state index is -0.0399. The average molecular weight is 261 g/mol. The van der Waals surface area contributed by atoms with Crippen LogP contribution in [-0.4, -0.2) is 16.9 Å². The number of pyridine rings is 1. The summed E-state index contributed by atoms with van der Waals surface area (Å²) in [6.45, 7) is 6.42. The lowest BCUT2D eigenvalue weighted by molar-refractivity contribution is 0.0909. The van der Waals surface area contributed by atoms with Crippen LogP contribution in [0.1, 0.15) is 55.6 Å². The van der Waals surface area contributed by atoms with Crippen molar-refractivity contribution in [3.05, 3.63) is 23.4 Å². The van der Waals surface area contributed by atoms with Gasteiger partial charge in [0.05, 0.1) is 0 Å². The Bertz CT molecular complexity index is 452. The van der Waals surface area contributed by atoms with Crippen LogP contribution in [0, 0.1) is 12.3 Å². The molecule has 0 aromatic carbocycles. The molecule has 0 radical (unpaired) electrons. The molecule has 3 N–H and O–H groups in total. The van der Waals surface area contributed by atoms with E-state index in [1.165, 1.54) is 0 Å². The molecule has 4 nitrogen and oxygen atoms in total. The lowest BCUT2D eigenvalue weighted by Gasteiger charge is -2.34. The predicted molar refractivity (Wildman–Crippen MR) is 76.9 cm³/mol. The number of nitrogens with two attached hydrogens (primary N) is 1. The SMILES string of the molecule is Cc1cc(C(=O)NC2CCC(C)(C)CC2)cc(N)n1. The zero-order valence-electron chi connectivity index (χ0n) is 12.0. The number of anilines is 1. The smallest absolute Gasteiger partial charge is 0.251 e. The van der Waals surface area contributed by atoms with E-state index in [9.17, 15) is 4.79 Å². The monoisotopic (exact) mass is 261 g/mol. The van der Waals surface area contributed by atoms with Crippen LogP contribution < -0.4 is 11.1 Å². The summed E-state index contributed by atoms with van der Waals surface area (Å²) in [4.78, 5) is 16.3. The first-order valence-corrected chi connectivity index (χ1v) is 6.91. The number of hydrogen-bond acceptors (Lipinski definition) is 3. The van der Waals surface area contributed by atoms with Crippen molar-refractivity contribution in [3.8, 4) is 0 Å². The molecular weight excluding hydrogens is 238 g/mol. The van der Waals surface area contributed by atoms with Crippen LogP contribution in [0.15, 0.2) is 12.1 Å². The highest BCUT2D eigenvalue weighted by Gasteiger charge is 2.27. The quantitative estimate of drug-likeness (QED) is 0.860. The molecule has 104 valence electrons. The maximum Gasteiger partial charge on any atom is 0.251 e. The van der Waals surface area contributed by atoms with Gasteiger partial charge in [-0.05, 0) is 50.2 Å². The fourth-order valence-corrected chi connectivity index (χ4v) is 2.64. The zero-order valence-corrected chi connectivity index (χ0v) is 12.0. The van der Waals surface area contributed by atoms with Gasteiger partial charge in [0.25, 0.3) is 5.91 Å². The molecule has 0 spiro atoms. The maximum absolute atomic E-state index is 12.2. The second kappa shape index (κ2) is 5.19. The van der Waals surface area contributed by atoms with Crippen molar-refractivity contribution in [2.45, 2.75) is 52.5 Å². The summed E-state index contributed by atoms with van der Waals surface area (Å²) < 4.78 is 0. The van der Waals surface area contributed by atoms with Crippen LogP contribution in [0.5, 0.6) is 0 Å². The predicted octanol–water partition coefficient (Wildman–Crippen LogP) is 2.67. The first-order chi connectivity index (χ1) is 8.85. The number of rotatable bonds is 2. The molecular formula is C15H23N3O. The van der Waals surface area contributed by atoms with Gasteiger partial charge < -0.3 is 11.1 Å². The van der Waals surface area contributed by atoms with Gasteiger partial charge in [-0.1, -0.05) is 13.8 Å². The number of carbonyl (C=O) groups is 1. The molecule has 0 aliphatic heterocycles. The number of nitrogens with zero attached hydrogens (tertiary/aromatic N) is 1. The summed E-state index contributed by atoms with van der Waals surface area (Å²) in [5.41, 5.74) is 7.47. The molecule has 2 rings (SSSR count). The molecule has 1 fully saturated rings. The Kier molecular flexibility index (Phi) is 3.78. The number of carbonyl (C=O) groups excluding carboxylic acids is 1. The maximum atomic E-state index is 12.2. The summed E-state index contributed by atoms with van der Waals surface area (Å²) in [6.07, 6.45) is 4.43. The number of amides is 1. The first-order valence-electron chi connectivity index (χ1n) is 6.91. The number of nitrogens with one attached hydrogen (secondary N) is 1. The molecule has 0 bridgehead atoms. The summed E-state index contributed by atoms with van der Waals surface area (Å²) in [5.74, 6) is 0.358. The molecule has 1 aliphatic carbocycles. The minimum Gasteiger partial charge on any atom is -0.384 e. The Morgan fingerprint density at radius 2 is 2.00 bits per heavy atom. The Hall–Kier alpha value is -1.58.